The number of piperidine rings is 1. The van der Waals surface area contributed by atoms with Gasteiger partial charge >= 0.3 is 6.03 Å². The molecular weight excluding hydrogens is 321 g/mol. The first-order chi connectivity index (χ1) is 10.6. The second-order valence-electron chi connectivity index (χ2n) is 6.17. The van der Waals surface area contributed by atoms with Crippen LogP contribution in [0.2, 0.25) is 10.0 Å². The predicted molar refractivity (Wildman–Crippen MR) is 90.8 cm³/mol. The zero-order chi connectivity index (χ0) is 15.5. The number of likely N-dealkylation sites (tertiary alicyclic amines) is 1. The van der Waals surface area contributed by atoms with E-state index in [1.165, 1.54) is 12.8 Å². The second-order valence-corrected chi connectivity index (χ2v) is 6.99. The van der Waals surface area contributed by atoms with Crippen LogP contribution in [-0.4, -0.2) is 36.6 Å². The van der Waals surface area contributed by atoms with Crippen LogP contribution in [0.4, 0.5) is 10.5 Å². The van der Waals surface area contributed by atoms with Crippen LogP contribution < -0.4 is 10.6 Å². The highest BCUT2D eigenvalue weighted by Gasteiger charge is 2.26. The summed E-state index contributed by atoms with van der Waals surface area (Å²) in [5.41, 5.74) is 0.674. The van der Waals surface area contributed by atoms with Crippen LogP contribution in [0.3, 0.4) is 0 Å². The Hall–Kier alpha value is -0.970. The number of amides is 2. The maximum Gasteiger partial charge on any atom is 0.321 e. The number of hydrogen-bond acceptors (Lipinski definition) is 2. The summed E-state index contributed by atoms with van der Waals surface area (Å²) in [4.78, 5) is 14.1. The van der Waals surface area contributed by atoms with Gasteiger partial charge in [0.05, 0.1) is 10.0 Å². The van der Waals surface area contributed by atoms with Crippen molar-refractivity contribution < 1.29 is 4.79 Å². The molecule has 3 rings (SSSR count). The molecule has 1 aromatic rings. The summed E-state index contributed by atoms with van der Waals surface area (Å²) in [6.07, 6.45) is 4.78. The van der Waals surface area contributed by atoms with Gasteiger partial charge in [-0.1, -0.05) is 23.2 Å². The van der Waals surface area contributed by atoms with Crippen molar-refractivity contribution in [2.45, 2.75) is 31.7 Å². The van der Waals surface area contributed by atoms with Crippen LogP contribution in [0.15, 0.2) is 18.2 Å². The summed E-state index contributed by atoms with van der Waals surface area (Å²) in [7, 11) is 0. The molecule has 0 aromatic heterocycles. The van der Waals surface area contributed by atoms with Gasteiger partial charge in [-0.15, -0.1) is 0 Å². The van der Waals surface area contributed by atoms with Gasteiger partial charge in [-0.25, -0.2) is 4.79 Å². The van der Waals surface area contributed by atoms with Gasteiger partial charge < -0.3 is 15.5 Å². The number of halogens is 2. The van der Waals surface area contributed by atoms with Gasteiger partial charge in [0.15, 0.2) is 0 Å². The van der Waals surface area contributed by atoms with Gasteiger partial charge in [0.25, 0.3) is 0 Å². The van der Waals surface area contributed by atoms with Gasteiger partial charge in [0, 0.05) is 24.8 Å². The van der Waals surface area contributed by atoms with E-state index in [1.807, 2.05) is 4.90 Å². The van der Waals surface area contributed by atoms with Crippen LogP contribution in [-0.2, 0) is 0 Å². The third-order valence-corrected chi connectivity index (χ3v) is 5.08. The molecule has 2 fully saturated rings. The minimum Gasteiger partial charge on any atom is -0.324 e. The van der Waals surface area contributed by atoms with Crippen LogP contribution >= 0.6 is 23.2 Å². The van der Waals surface area contributed by atoms with Gasteiger partial charge in [0.2, 0.25) is 0 Å². The third kappa shape index (κ3) is 4.28. The van der Waals surface area contributed by atoms with Gasteiger partial charge in [-0.05, 0) is 56.3 Å². The number of urea groups is 1. The van der Waals surface area contributed by atoms with Gasteiger partial charge in [-0.3, -0.25) is 0 Å². The number of rotatable bonds is 4. The maximum absolute atomic E-state index is 12.3. The number of anilines is 1. The van der Waals surface area contributed by atoms with Crippen molar-refractivity contribution in [3.05, 3.63) is 28.2 Å². The molecule has 2 aliphatic rings. The fraction of sp³-hybridized carbons (Fsp3) is 0.562. The minimum absolute atomic E-state index is 0.0703. The van der Waals surface area contributed by atoms with E-state index < -0.39 is 0 Å². The lowest BCUT2D eigenvalue weighted by atomic mass is 10.1. The van der Waals surface area contributed by atoms with E-state index in [4.69, 9.17) is 23.2 Å². The number of nitrogens with zero attached hydrogens (tertiary/aromatic N) is 1. The van der Waals surface area contributed by atoms with E-state index in [-0.39, 0.29) is 6.03 Å². The van der Waals surface area contributed by atoms with E-state index in [0.29, 0.717) is 21.8 Å². The first-order valence-corrected chi connectivity index (χ1v) is 8.62. The topological polar surface area (TPSA) is 44.4 Å². The summed E-state index contributed by atoms with van der Waals surface area (Å²) >= 11 is 11.8. The van der Waals surface area contributed by atoms with Crippen molar-refractivity contribution in [3.8, 4) is 0 Å². The van der Waals surface area contributed by atoms with Crippen molar-refractivity contribution >= 4 is 34.9 Å². The Morgan fingerprint density at radius 3 is 2.50 bits per heavy atom. The first kappa shape index (κ1) is 15.9. The molecule has 2 amide bonds. The molecule has 120 valence electrons. The molecule has 1 aliphatic heterocycles. The quantitative estimate of drug-likeness (QED) is 0.869. The van der Waals surface area contributed by atoms with Crippen LogP contribution in [0.5, 0.6) is 0 Å². The average Bonchev–Trinajstić information content (AvgIpc) is 3.34. The predicted octanol–water partition coefficient (Wildman–Crippen LogP) is 3.99. The monoisotopic (exact) mass is 341 g/mol. The Morgan fingerprint density at radius 1 is 1.14 bits per heavy atom. The fourth-order valence-electron chi connectivity index (χ4n) is 2.72. The molecule has 1 aromatic carbocycles. The van der Waals surface area contributed by atoms with Crippen molar-refractivity contribution in [2.75, 3.05) is 25.0 Å². The molecule has 4 nitrogen and oxygen atoms in total. The lowest BCUT2D eigenvalue weighted by molar-refractivity contribution is 0.189. The Labute approximate surface area is 141 Å². The standard InChI is InChI=1S/C16H21Cl2N3O/c17-14-4-3-13(9-15(14)18)20-16(22)21-7-5-12(6-8-21)19-10-11-1-2-11/h3-4,9,11-12,19H,1-2,5-8,10H2,(H,20,22). The fourth-order valence-corrected chi connectivity index (χ4v) is 3.02. The van der Waals surface area contributed by atoms with Crippen molar-refractivity contribution in [2.24, 2.45) is 5.92 Å². The van der Waals surface area contributed by atoms with Crippen molar-refractivity contribution in [1.82, 2.24) is 10.2 Å². The Bertz CT molecular complexity index is 540. The molecule has 0 radical (unpaired) electrons. The van der Waals surface area contributed by atoms with E-state index >= 15 is 0 Å². The number of benzene rings is 1. The number of nitrogens with one attached hydrogen (secondary N) is 2. The molecule has 1 saturated carbocycles. The third-order valence-electron chi connectivity index (χ3n) is 4.35. The zero-order valence-corrected chi connectivity index (χ0v) is 14.0. The number of carbonyl (C=O) groups excluding carboxylic acids is 1. The summed E-state index contributed by atoms with van der Waals surface area (Å²) in [5, 5.41) is 7.43. The molecule has 0 spiro atoms. The SMILES string of the molecule is O=C(Nc1ccc(Cl)c(Cl)c1)N1CCC(NCC2CC2)CC1. The molecule has 0 unspecified atom stereocenters. The summed E-state index contributed by atoms with van der Waals surface area (Å²) < 4.78 is 0. The molecule has 0 bridgehead atoms. The minimum atomic E-state index is -0.0703. The molecule has 1 saturated heterocycles. The average molecular weight is 342 g/mol. The Balaban J connectivity index is 1.45. The van der Waals surface area contributed by atoms with Crippen LogP contribution in [0.25, 0.3) is 0 Å². The lowest BCUT2D eigenvalue weighted by Gasteiger charge is -2.32. The molecule has 0 atom stereocenters. The van der Waals surface area contributed by atoms with Gasteiger partial charge in [-0.2, -0.15) is 0 Å². The lowest BCUT2D eigenvalue weighted by Crippen LogP contribution is -2.46. The van der Waals surface area contributed by atoms with E-state index in [0.717, 1.165) is 38.4 Å². The van der Waals surface area contributed by atoms with Crippen LogP contribution in [0.1, 0.15) is 25.7 Å². The molecule has 2 N–H and O–H groups in total. The Morgan fingerprint density at radius 2 is 1.86 bits per heavy atom. The van der Waals surface area contributed by atoms with Crippen LogP contribution in [0, 0.1) is 5.92 Å². The van der Waals surface area contributed by atoms with Crippen molar-refractivity contribution in [1.29, 1.82) is 0 Å². The first-order valence-electron chi connectivity index (χ1n) is 7.86. The maximum atomic E-state index is 12.3. The smallest absolute Gasteiger partial charge is 0.321 e. The highest BCUT2D eigenvalue weighted by molar-refractivity contribution is 6.42. The largest absolute Gasteiger partial charge is 0.324 e. The van der Waals surface area contributed by atoms with E-state index in [1.54, 1.807) is 18.2 Å². The molecule has 1 heterocycles. The van der Waals surface area contributed by atoms with E-state index in [9.17, 15) is 4.79 Å². The molecule has 22 heavy (non-hydrogen) atoms. The normalized spacial score (nSPS) is 19.3. The zero-order valence-electron chi connectivity index (χ0n) is 12.4. The number of carbonyl (C=O) groups is 1. The van der Waals surface area contributed by atoms with Gasteiger partial charge in [0.1, 0.15) is 0 Å². The highest BCUT2D eigenvalue weighted by Crippen LogP contribution is 2.28. The summed E-state index contributed by atoms with van der Waals surface area (Å²) in [6.45, 7) is 2.71. The highest BCUT2D eigenvalue weighted by atomic mass is 35.5. The van der Waals surface area contributed by atoms with E-state index in [2.05, 4.69) is 10.6 Å². The summed E-state index contributed by atoms with van der Waals surface area (Å²) in [5.74, 6) is 0.899. The molecule has 6 heteroatoms. The molecule has 1 aliphatic carbocycles. The second kappa shape index (κ2) is 7.07. The van der Waals surface area contributed by atoms with Crippen molar-refractivity contribution in [3.63, 3.8) is 0 Å². The molecular formula is C16H21Cl2N3O. The summed E-state index contributed by atoms with van der Waals surface area (Å²) in [6, 6.07) is 5.60. The Kier molecular flexibility index (Phi) is 5.11. The number of hydrogen-bond donors (Lipinski definition) is 2.